The molecule has 0 aliphatic heterocycles. The van der Waals surface area contributed by atoms with Crippen LogP contribution in [0.3, 0.4) is 0 Å². The van der Waals surface area contributed by atoms with E-state index in [2.05, 4.69) is 10.1 Å². The number of hydrogen-bond donors (Lipinski definition) is 1. The standard InChI is InChI=1S/C11H10N2O4/c1-7-12-11(17-13-7)8-3-2-4-9(5-8)16-6-10(14)15/h2-5H,6H2,1H3,(H,14,15). The van der Waals surface area contributed by atoms with Crippen molar-refractivity contribution in [3.05, 3.63) is 30.1 Å². The number of aliphatic carboxylic acids is 1. The smallest absolute Gasteiger partial charge is 0.341 e. The predicted octanol–water partition coefficient (Wildman–Crippen LogP) is 1.51. The van der Waals surface area contributed by atoms with Crippen LogP contribution in [0.15, 0.2) is 28.8 Å². The summed E-state index contributed by atoms with van der Waals surface area (Å²) >= 11 is 0. The molecule has 17 heavy (non-hydrogen) atoms. The monoisotopic (exact) mass is 234 g/mol. The molecule has 0 unspecified atom stereocenters. The minimum absolute atomic E-state index is 0.378. The number of aromatic nitrogens is 2. The van der Waals surface area contributed by atoms with Gasteiger partial charge in [0.15, 0.2) is 12.4 Å². The molecule has 1 heterocycles. The maximum Gasteiger partial charge on any atom is 0.341 e. The molecule has 0 atom stereocenters. The molecule has 1 aromatic carbocycles. The van der Waals surface area contributed by atoms with Gasteiger partial charge in [0.25, 0.3) is 5.89 Å². The van der Waals surface area contributed by atoms with Crippen molar-refractivity contribution in [3.63, 3.8) is 0 Å². The first-order valence-electron chi connectivity index (χ1n) is 4.90. The van der Waals surface area contributed by atoms with Gasteiger partial charge in [-0.25, -0.2) is 4.79 Å². The van der Waals surface area contributed by atoms with E-state index in [0.29, 0.717) is 23.0 Å². The Morgan fingerprint density at radius 2 is 2.35 bits per heavy atom. The molecular weight excluding hydrogens is 224 g/mol. The highest BCUT2D eigenvalue weighted by molar-refractivity contribution is 5.68. The Morgan fingerprint density at radius 1 is 1.53 bits per heavy atom. The molecule has 0 bridgehead atoms. The van der Waals surface area contributed by atoms with Crippen molar-refractivity contribution < 1.29 is 19.2 Å². The number of benzene rings is 1. The maximum absolute atomic E-state index is 10.4. The van der Waals surface area contributed by atoms with Crippen molar-refractivity contribution in [3.8, 4) is 17.2 Å². The summed E-state index contributed by atoms with van der Waals surface area (Å²) in [7, 11) is 0. The lowest BCUT2D eigenvalue weighted by molar-refractivity contribution is -0.139. The molecule has 0 radical (unpaired) electrons. The molecule has 6 nitrogen and oxygen atoms in total. The van der Waals surface area contributed by atoms with E-state index in [1.54, 1.807) is 31.2 Å². The molecule has 0 amide bonds. The summed E-state index contributed by atoms with van der Waals surface area (Å²) in [6.07, 6.45) is 0. The molecule has 1 N–H and O–H groups in total. The number of carboxylic acid groups (broad SMARTS) is 1. The van der Waals surface area contributed by atoms with Gasteiger partial charge in [-0.15, -0.1) is 0 Å². The van der Waals surface area contributed by atoms with Gasteiger partial charge in [0.2, 0.25) is 0 Å². The van der Waals surface area contributed by atoms with Crippen LogP contribution in [0.4, 0.5) is 0 Å². The summed E-state index contributed by atoms with van der Waals surface area (Å²) in [5.41, 5.74) is 0.688. The van der Waals surface area contributed by atoms with Crippen molar-refractivity contribution in [1.82, 2.24) is 10.1 Å². The summed E-state index contributed by atoms with van der Waals surface area (Å²) in [4.78, 5) is 14.4. The van der Waals surface area contributed by atoms with E-state index in [9.17, 15) is 4.79 Å². The molecule has 0 saturated heterocycles. The van der Waals surface area contributed by atoms with Gasteiger partial charge in [-0.05, 0) is 25.1 Å². The van der Waals surface area contributed by atoms with Crippen molar-refractivity contribution in [2.45, 2.75) is 6.92 Å². The number of nitrogens with zero attached hydrogens (tertiary/aromatic N) is 2. The van der Waals surface area contributed by atoms with Gasteiger partial charge in [-0.2, -0.15) is 4.98 Å². The molecule has 0 aliphatic carbocycles. The zero-order valence-electron chi connectivity index (χ0n) is 9.08. The van der Waals surface area contributed by atoms with Gasteiger partial charge in [-0.3, -0.25) is 0 Å². The Kier molecular flexibility index (Phi) is 3.04. The topological polar surface area (TPSA) is 85.5 Å². The van der Waals surface area contributed by atoms with Crippen molar-refractivity contribution >= 4 is 5.97 Å². The minimum atomic E-state index is -1.02. The molecule has 0 saturated carbocycles. The molecule has 0 spiro atoms. The Bertz CT molecular complexity index is 536. The SMILES string of the molecule is Cc1noc(-c2cccc(OCC(=O)O)c2)n1. The van der Waals surface area contributed by atoms with Crippen LogP contribution in [0.1, 0.15) is 5.82 Å². The van der Waals surface area contributed by atoms with E-state index in [1.807, 2.05) is 0 Å². The van der Waals surface area contributed by atoms with Crippen LogP contribution in [-0.4, -0.2) is 27.8 Å². The predicted molar refractivity (Wildman–Crippen MR) is 57.6 cm³/mol. The van der Waals surface area contributed by atoms with Crippen LogP contribution in [-0.2, 0) is 4.79 Å². The second-order valence-electron chi connectivity index (χ2n) is 3.36. The summed E-state index contributed by atoms with van der Waals surface area (Å²) in [6, 6.07) is 6.82. The second kappa shape index (κ2) is 4.65. The van der Waals surface area contributed by atoms with Gasteiger partial charge < -0.3 is 14.4 Å². The third-order valence-corrected chi connectivity index (χ3v) is 1.97. The molecule has 0 aliphatic rings. The van der Waals surface area contributed by atoms with Gasteiger partial charge in [0.05, 0.1) is 0 Å². The number of hydrogen-bond acceptors (Lipinski definition) is 5. The zero-order valence-corrected chi connectivity index (χ0v) is 9.08. The van der Waals surface area contributed by atoms with E-state index >= 15 is 0 Å². The highest BCUT2D eigenvalue weighted by atomic mass is 16.5. The van der Waals surface area contributed by atoms with Crippen LogP contribution in [0.25, 0.3) is 11.5 Å². The second-order valence-corrected chi connectivity index (χ2v) is 3.36. The van der Waals surface area contributed by atoms with Crippen LogP contribution in [0.5, 0.6) is 5.75 Å². The number of aryl methyl sites for hydroxylation is 1. The molecule has 2 aromatic rings. The molecule has 1 aromatic heterocycles. The Balaban J connectivity index is 2.19. The first-order valence-corrected chi connectivity index (χ1v) is 4.90. The number of carboxylic acids is 1. The summed E-state index contributed by atoms with van der Waals surface area (Å²) in [5, 5.41) is 12.2. The third-order valence-electron chi connectivity index (χ3n) is 1.97. The van der Waals surface area contributed by atoms with E-state index in [1.165, 1.54) is 0 Å². The van der Waals surface area contributed by atoms with E-state index in [-0.39, 0.29) is 6.61 Å². The van der Waals surface area contributed by atoms with Crippen LogP contribution in [0.2, 0.25) is 0 Å². The fourth-order valence-corrected chi connectivity index (χ4v) is 1.28. The highest BCUT2D eigenvalue weighted by Gasteiger charge is 2.07. The quantitative estimate of drug-likeness (QED) is 0.862. The van der Waals surface area contributed by atoms with Gasteiger partial charge in [0.1, 0.15) is 5.75 Å². The van der Waals surface area contributed by atoms with Crippen molar-refractivity contribution in [2.75, 3.05) is 6.61 Å². The van der Waals surface area contributed by atoms with Crippen LogP contribution >= 0.6 is 0 Å². The first-order chi connectivity index (χ1) is 8.15. The van der Waals surface area contributed by atoms with Crippen molar-refractivity contribution in [1.29, 1.82) is 0 Å². The number of rotatable bonds is 4. The summed E-state index contributed by atoms with van der Waals surface area (Å²) in [5.74, 6) is 0.338. The average Bonchev–Trinajstić information content (AvgIpc) is 2.74. The minimum Gasteiger partial charge on any atom is -0.482 e. The Hall–Kier alpha value is -2.37. The average molecular weight is 234 g/mol. The van der Waals surface area contributed by atoms with E-state index in [0.717, 1.165) is 0 Å². The lowest BCUT2D eigenvalue weighted by atomic mass is 10.2. The summed E-state index contributed by atoms with van der Waals surface area (Å²) < 4.78 is 10.0. The zero-order chi connectivity index (χ0) is 12.3. The third kappa shape index (κ3) is 2.81. The normalized spacial score (nSPS) is 10.2. The van der Waals surface area contributed by atoms with Gasteiger partial charge in [0, 0.05) is 5.56 Å². The van der Waals surface area contributed by atoms with Crippen molar-refractivity contribution in [2.24, 2.45) is 0 Å². The molecular formula is C11H10N2O4. The fourth-order valence-electron chi connectivity index (χ4n) is 1.28. The van der Waals surface area contributed by atoms with E-state index < -0.39 is 5.97 Å². The fraction of sp³-hybridized carbons (Fsp3) is 0.182. The van der Waals surface area contributed by atoms with Crippen LogP contribution in [0, 0.1) is 6.92 Å². The van der Waals surface area contributed by atoms with Gasteiger partial charge in [-0.1, -0.05) is 11.2 Å². The molecule has 0 fully saturated rings. The van der Waals surface area contributed by atoms with E-state index in [4.69, 9.17) is 14.4 Å². The van der Waals surface area contributed by atoms with Gasteiger partial charge >= 0.3 is 5.97 Å². The lowest BCUT2D eigenvalue weighted by Gasteiger charge is -2.03. The maximum atomic E-state index is 10.4. The Morgan fingerprint density at radius 3 is 3.00 bits per heavy atom. The summed E-state index contributed by atoms with van der Waals surface area (Å²) in [6.45, 7) is 1.34. The number of ether oxygens (including phenoxy) is 1. The first kappa shape index (κ1) is 11.1. The lowest BCUT2D eigenvalue weighted by Crippen LogP contribution is -2.09. The molecule has 88 valence electrons. The highest BCUT2D eigenvalue weighted by Crippen LogP contribution is 2.22. The molecule has 6 heteroatoms. The largest absolute Gasteiger partial charge is 0.482 e. The molecule has 2 rings (SSSR count). The van der Waals surface area contributed by atoms with Crippen LogP contribution < -0.4 is 4.74 Å². The number of carbonyl (C=O) groups is 1. The Labute approximate surface area is 96.8 Å².